The van der Waals surface area contributed by atoms with Gasteiger partial charge in [-0.1, -0.05) is 50.2 Å². The lowest BCUT2D eigenvalue weighted by Crippen LogP contribution is -2.52. The van der Waals surface area contributed by atoms with Crippen molar-refractivity contribution in [3.05, 3.63) is 82.3 Å². The minimum absolute atomic E-state index is 0.0926. The lowest BCUT2D eigenvalue weighted by atomic mass is 9.60. The van der Waals surface area contributed by atoms with Crippen molar-refractivity contribution in [1.82, 2.24) is 0 Å². The number of para-hydroxylation sites is 2. The van der Waals surface area contributed by atoms with Crippen LogP contribution in [0.4, 0.5) is 11.4 Å². The summed E-state index contributed by atoms with van der Waals surface area (Å²) >= 11 is 0. The van der Waals surface area contributed by atoms with Crippen LogP contribution in [0.1, 0.15) is 37.8 Å². The van der Waals surface area contributed by atoms with Crippen molar-refractivity contribution in [2.24, 2.45) is 11.1 Å². The second kappa shape index (κ2) is 6.57. The monoisotopic (exact) mass is 424 g/mol. The summed E-state index contributed by atoms with van der Waals surface area (Å²) in [5.41, 5.74) is 9.00. The number of nitrogens with zero attached hydrogens (tertiary/aromatic N) is 2. The fraction of sp³-hybridized carbons (Fsp3) is 0.269. The molecule has 0 fully saturated rings. The molecule has 2 aliphatic heterocycles. The van der Waals surface area contributed by atoms with E-state index in [1.807, 2.05) is 62.1 Å². The summed E-state index contributed by atoms with van der Waals surface area (Å²) in [5.74, 6) is -0.331. The minimum atomic E-state index is -1.53. The van der Waals surface area contributed by atoms with Gasteiger partial charge in [0.1, 0.15) is 17.3 Å². The summed E-state index contributed by atoms with van der Waals surface area (Å²) in [5, 5.41) is 13.2. The molecule has 160 valence electrons. The highest BCUT2D eigenvalue weighted by Crippen LogP contribution is 2.57. The Hall–Kier alpha value is -3.85. The molecule has 1 aliphatic carbocycles. The third kappa shape index (κ3) is 2.45. The van der Waals surface area contributed by atoms with Crippen molar-refractivity contribution in [2.45, 2.75) is 39.0 Å². The molecule has 1 amide bonds. The number of nitrogens with one attached hydrogen (secondary N) is 1. The molecule has 6 heteroatoms. The Morgan fingerprint density at radius 2 is 1.75 bits per heavy atom. The summed E-state index contributed by atoms with van der Waals surface area (Å²) in [6, 6.07) is 17.2. The molecule has 32 heavy (non-hydrogen) atoms. The van der Waals surface area contributed by atoms with Gasteiger partial charge >= 0.3 is 0 Å². The highest BCUT2D eigenvalue weighted by Gasteiger charge is 2.61. The number of allylic oxidation sites excluding steroid dienone is 1. The van der Waals surface area contributed by atoms with Crippen molar-refractivity contribution < 1.29 is 9.59 Å². The zero-order valence-corrected chi connectivity index (χ0v) is 18.3. The third-order valence-corrected chi connectivity index (χ3v) is 6.76. The number of benzene rings is 2. The van der Waals surface area contributed by atoms with Crippen LogP contribution in [-0.4, -0.2) is 11.7 Å². The summed E-state index contributed by atoms with van der Waals surface area (Å²) in [7, 11) is 0. The zero-order valence-electron chi connectivity index (χ0n) is 18.3. The maximum absolute atomic E-state index is 13.8. The second-order valence-corrected chi connectivity index (χ2v) is 9.51. The summed E-state index contributed by atoms with van der Waals surface area (Å²) in [4.78, 5) is 29.2. The van der Waals surface area contributed by atoms with Gasteiger partial charge in [-0.3, -0.25) is 14.5 Å². The Morgan fingerprint density at radius 3 is 2.47 bits per heavy atom. The topological polar surface area (TPSA) is 99.2 Å². The number of anilines is 2. The van der Waals surface area contributed by atoms with E-state index in [9.17, 15) is 14.9 Å². The van der Waals surface area contributed by atoms with E-state index in [4.69, 9.17) is 5.73 Å². The molecule has 1 spiro atoms. The van der Waals surface area contributed by atoms with Crippen molar-refractivity contribution in [2.75, 3.05) is 10.2 Å². The first kappa shape index (κ1) is 20.1. The number of fused-ring (bicyclic) bond motifs is 3. The predicted octanol–water partition coefficient (Wildman–Crippen LogP) is 4.04. The van der Waals surface area contributed by atoms with Gasteiger partial charge in [-0.05, 0) is 36.5 Å². The van der Waals surface area contributed by atoms with Gasteiger partial charge in [-0.25, -0.2) is 0 Å². The number of carbonyl (C=O) groups excluding carboxylic acids is 2. The van der Waals surface area contributed by atoms with Crippen LogP contribution in [0.15, 0.2) is 71.2 Å². The van der Waals surface area contributed by atoms with E-state index in [-0.39, 0.29) is 22.6 Å². The largest absolute Gasteiger partial charge is 0.384 e. The van der Waals surface area contributed by atoms with E-state index >= 15 is 0 Å². The third-order valence-electron chi connectivity index (χ3n) is 6.76. The Bertz CT molecular complexity index is 1310. The van der Waals surface area contributed by atoms with Gasteiger partial charge in [0.2, 0.25) is 5.91 Å². The number of hydrogen-bond acceptors (Lipinski definition) is 5. The molecule has 0 radical (unpaired) electrons. The van der Waals surface area contributed by atoms with Crippen molar-refractivity contribution >= 4 is 23.1 Å². The standard InChI is InChI=1S/C26H24N4O2/c1-15-8-4-7-11-19(15)30-20-12-25(2,3)13-21(31)22(20)26(17(14-27)23(30)28)16-9-5-6-10-18(16)29-24(26)32/h4-11H,12-13,28H2,1-3H3,(H,29,32)/t26-/m0/s1. The van der Waals surface area contributed by atoms with Gasteiger partial charge in [-0.2, -0.15) is 5.26 Å². The predicted molar refractivity (Wildman–Crippen MR) is 122 cm³/mol. The minimum Gasteiger partial charge on any atom is -0.384 e. The van der Waals surface area contributed by atoms with Gasteiger partial charge in [0.15, 0.2) is 5.78 Å². The van der Waals surface area contributed by atoms with Gasteiger partial charge in [0.05, 0.1) is 11.3 Å². The molecule has 3 N–H and O–H groups in total. The maximum atomic E-state index is 13.8. The molecule has 2 aromatic rings. The quantitative estimate of drug-likeness (QED) is 0.720. The lowest BCUT2D eigenvalue weighted by Gasteiger charge is -2.47. The Kier molecular flexibility index (Phi) is 4.12. The average Bonchev–Trinajstić information content (AvgIpc) is 3.01. The number of nitriles is 1. The van der Waals surface area contributed by atoms with Crippen molar-refractivity contribution in [3.63, 3.8) is 0 Å². The first-order valence-electron chi connectivity index (χ1n) is 10.7. The summed E-state index contributed by atoms with van der Waals surface area (Å²) in [6.45, 7) is 6.05. The number of Topliss-reactive ketones (excluding diaryl/α,β-unsaturated/α-hetero) is 1. The van der Waals surface area contributed by atoms with Gasteiger partial charge in [0, 0.05) is 28.9 Å². The number of hydrogen-bond donors (Lipinski definition) is 2. The first-order valence-corrected chi connectivity index (χ1v) is 10.7. The molecule has 2 aromatic carbocycles. The first-order chi connectivity index (χ1) is 15.2. The summed E-state index contributed by atoms with van der Waals surface area (Å²) in [6.07, 6.45) is 0.849. The molecule has 1 atom stereocenters. The molecule has 0 unspecified atom stereocenters. The van der Waals surface area contributed by atoms with Crippen molar-refractivity contribution in [3.8, 4) is 6.07 Å². The maximum Gasteiger partial charge on any atom is 0.245 e. The van der Waals surface area contributed by atoms with E-state index in [1.54, 1.807) is 12.1 Å². The number of rotatable bonds is 1. The smallest absolute Gasteiger partial charge is 0.245 e. The molecule has 5 rings (SSSR count). The summed E-state index contributed by atoms with van der Waals surface area (Å²) < 4.78 is 0. The van der Waals surface area contributed by atoms with E-state index in [0.29, 0.717) is 35.4 Å². The van der Waals surface area contributed by atoms with E-state index in [1.165, 1.54) is 0 Å². The molecule has 0 saturated heterocycles. The number of amides is 1. The fourth-order valence-corrected chi connectivity index (χ4v) is 5.46. The van der Waals surface area contributed by atoms with Crippen molar-refractivity contribution in [1.29, 1.82) is 5.26 Å². The Morgan fingerprint density at radius 1 is 1.06 bits per heavy atom. The van der Waals surface area contributed by atoms with Crippen LogP contribution in [0.2, 0.25) is 0 Å². The SMILES string of the molecule is Cc1ccccc1N1C(N)=C(C#N)[C@]2(C(=O)Nc3ccccc32)C2=C1CC(C)(C)CC2=O. The van der Waals surface area contributed by atoms with Crippen LogP contribution >= 0.6 is 0 Å². The number of ketones is 1. The van der Waals surface area contributed by atoms with Crippen LogP contribution in [0, 0.1) is 23.7 Å². The molecular formula is C26H24N4O2. The highest BCUT2D eigenvalue weighted by atomic mass is 16.2. The Balaban J connectivity index is 1.92. The van der Waals surface area contributed by atoms with Crippen LogP contribution in [0.25, 0.3) is 0 Å². The number of carbonyl (C=O) groups is 2. The Labute approximate surface area is 187 Å². The van der Waals surface area contributed by atoms with Crippen LogP contribution < -0.4 is 16.0 Å². The van der Waals surface area contributed by atoms with E-state index in [0.717, 1.165) is 11.3 Å². The molecule has 0 saturated carbocycles. The molecule has 0 bridgehead atoms. The van der Waals surface area contributed by atoms with E-state index < -0.39 is 11.3 Å². The molecular weight excluding hydrogens is 400 g/mol. The van der Waals surface area contributed by atoms with Gasteiger partial charge in [0.25, 0.3) is 0 Å². The lowest BCUT2D eigenvalue weighted by molar-refractivity contribution is -0.123. The van der Waals surface area contributed by atoms with E-state index in [2.05, 4.69) is 11.4 Å². The normalized spacial score (nSPS) is 23.8. The zero-order chi connectivity index (χ0) is 22.8. The van der Waals surface area contributed by atoms with Crippen LogP contribution in [0.5, 0.6) is 0 Å². The second-order valence-electron chi connectivity index (χ2n) is 9.51. The molecule has 0 aromatic heterocycles. The van der Waals surface area contributed by atoms with Gasteiger partial charge < -0.3 is 11.1 Å². The molecule has 3 aliphatic rings. The van der Waals surface area contributed by atoms with Crippen LogP contribution in [-0.2, 0) is 15.0 Å². The number of nitrogens with two attached hydrogens (primary N) is 1. The number of aryl methyl sites for hydroxylation is 1. The molecule has 6 nitrogen and oxygen atoms in total. The van der Waals surface area contributed by atoms with Crippen LogP contribution in [0.3, 0.4) is 0 Å². The highest BCUT2D eigenvalue weighted by molar-refractivity contribution is 6.20. The average molecular weight is 425 g/mol. The van der Waals surface area contributed by atoms with Gasteiger partial charge in [-0.15, -0.1) is 0 Å². The molecule has 2 heterocycles. The fourth-order valence-electron chi connectivity index (χ4n) is 5.46.